The first kappa shape index (κ1) is 45.7. The summed E-state index contributed by atoms with van der Waals surface area (Å²) in [5, 5.41) is 10.4. The van der Waals surface area contributed by atoms with Gasteiger partial charge in [0.1, 0.15) is 30.3 Å². The Labute approximate surface area is 349 Å². The molecule has 0 saturated carbocycles. The number of fused-ring (bicyclic) bond motifs is 2. The summed E-state index contributed by atoms with van der Waals surface area (Å²) in [4.78, 5) is 31.8. The summed E-state index contributed by atoms with van der Waals surface area (Å²) in [6.45, 7) is 8.72. The summed E-state index contributed by atoms with van der Waals surface area (Å²) in [5.41, 5.74) is 2.75. The van der Waals surface area contributed by atoms with Crippen molar-refractivity contribution in [3.05, 3.63) is 109 Å². The van der Waals surface area contributed by atoms with Crippen LogP contribution in [-0.2, 0) is 9.53 Å². The summed E-state index contributed by atoms with van der Waals surface area (Å²) in [6, 6.07) is 5.05. The fourth-order valence-electron chi connectivity index (χ4n) is 5.64. The summed E-state index contributed by atoms with van der Waals surface area (Å²) < 4.78 is 34.1. The molecule has 4 aromatic rings. The molecule has 0 bridgehead atoms. The zero-order valence-electron chi connectivity index (χ0n) is 34.0. The fraction of sp³-hybridized carbons (Fsp3) is 0.409. The van der Waals surface area contributed by atoms with Crippen molar-refractivity contribution in [1.82, 2.24) is 30.2 Å². The second kappa shape index (κ2) is 26.1. The number of rotatable bonds is 26. The van der Waals surface area contributed by atoms with E-state index >= 15 is 4.39 Å². The Hall–Kier alpha value is -4.95. The number of carbonyl (C=O) groups excluding carboxylic acids is 2. The highest BCUT2D eigenvalue weighted by Crippen LogP contribution is 2.35. The average molecular weight is 833 g/mol. The molecule has 0 saturated heterocycles. The third-order valence-corrected chi connectivity index (χ3v) is 11.0. The number of aromatic nitrogens is 4. The first-order chi connectivity index (χ1) is 28.3. The maximum Gasteiger partial charge on any atom is 0.407 e. The van der Waals surface area contributed by atoms with Gasteiger partial charge in [0.05, 0.1) is 6.20 Å². The number of hydrogen-bond acceptors (Lipinski definition) is 9. The molecule has 0 spiro atoms. The van der Waals surface area contributed by atoms with E-state index < -0.39 is 18.0 Å². The molecule has 4 rings (SSSR count). The summed E-state index contributed by atoms with van der Waals surface area (Å²) >= 11 is 0. The summed E-state index contributed by atoms with van der Waals surface area (Å²) in [7, 11) is 3.27. The Morgan fingerprint density at radius 2 is 1.57 bits per heavy atom. The molecule has 58 heavy (non-hydrogen) atoms. The molecule has 1 atom stereocenters. The van der Waals surface area contributed by atoms with Crippen LogP contribution in [0.3, 0.4) is 0 Å². The van der Waals surface area contributed by atoms with E-state index in [2.05, 4.69) is 93.4 Å². The van der Waals surface area contributed by atoms with Crippen molar-refractivity contribution >= 4 is 50.0 Å². The van der Waals surface area contributed by atoms with E-state index in [0.717, 1.165) is 56.4 Å². The topological polar surface area (TPSA) is 132 Å². The highest BCUT2D eigenvalue weighted by Gasteiger charge is 2.19. The van der Waals surface area contributed by atoms with Crippen LogP contribution in [0, 0.1) is 19.7 Å². The number of halogens is 1. The quantitative estimate of drug-likeness (QED) is 0.0321. The number of H-pyrrole nitrogens is 1. The minimum atomic E-state index is -0.535. The number of carbonyl (C=O) groups is 2. The van der Waals surface area contributed by atoms with Gasteiger partial charge in [0.2, 0.25) is 11.8 Å². The van der Waals surface area contributed by atoms with Gasteiger partial charge in [-0.15, -0.1) is 0 Å². The maximum atomic E-state index is 15.2. The molecule has 2 amide bonds. The number of aromatic amines is 1. The van der Waals surface area contributed by atoms with Gasteiger partial charge in [0, 0.05) is 53.2 Å². The number of nitrogens with zero attached hydrogens (tertiary/aromatic N) is 3. The molecule has 1 aromatic carbocycles. The van der Waals surface area contributed by atoms with Gasteiger partial charge in [-0.1, -0.05) is 89.3 Å². The predicted molar refractivity (Wildman–Crippen MR) is 236 cm³/mol. The molecule has 11 nitrogen and oxygen atoms in total. The molecule has 3 heterocycles. The lowest BCUT2D eigenvalue weighted by atomic mass is 10.2. The van der Waals surface area contributed by atoms with E-state index in [0.29, 0.717) is 53.0 Å². The molecular weight excluding hydrogens is 776 g/mol. The number of allylic oxidation sites excluding steroid dienone is 10. The van der Waals surface area contributed by atoms with Crippen LogP contribution >= 0.6 is 21.6 Å². The highest BCUT2D eigenvalue weighted by atomic mass is 33.1. The highest BCUT2D eigenvalue weighted by molar-refractivity contribution is 8.76. The number of aryl methyl sites for hydroxylation is 2. The lowest BCUT2D eigenvalue weighted by molar-refractivity contribution is -0.121. The zero-order chi connectivity index (χ0) is 41.4. The minimum Gasteiger partial charge on any atom is -0.488 e. The molecule has 0 unspecified atom stereocenters. The monoisotopic (exact) mass is 832 g/mol. The number of benzene rings is 1. The largest absolute Gasteiger partial charge is 0.488 e. The molecule has 0 aliphatic rings. The van der Waals surface area contributed by atoms with E-state index in [1.807, 2.05) is 13.8 Å². The first-order valence-electron chi connectivity index (χ1n) is 19.9. The number of hydrogen-bond donors (Lipinski definition) is 3. The van der Waals surface area contributed by atoms with Crippen LogP contribution < -0.4 is 20.1 Å². The zero-order valence-corrected chi connectivity index (χ0v) is 35.6. The molecule has 0 aliphatic carbocycles. The number of amides is 2. The van der Waals surface area contributed by atoms with E-state index in [1.54, 1.807) is 57.4 Å². The fourth-order valence-corrected chi connectivity index (χ4v) is 7.46. The van der Waals surface area contributed by atoms with Gasteiger partial charge < -0.3 is 29.8 Å². The van der Waals surface area contributed by atoms with E-state index in [4.69, 9.17) is 14.2 Å². The average Bonchev–Trinajstić information content (AvgIpc) is 3.76. The second-order valence-corrected chi connectivity index (χ2v) is 16.1. The Morgan fingerprint density at radius 1 is 0.914 bits per heavy atom. The van der Waals surface area contributed by atoms with E-state index in [9.17, 15) is 9.59 Å². The van der Waals surface area contributed by atoms with E-state index in [-0.39, 0.29) is 24.1 Å². The smallest absolute Gasteiger partial charge is 0.407 e. The molecule has 14 heteroatoms. The van der Waals surface area contributed by atoms with Crippen LogP contribution in [0.15, 0.2) is 91.5 Å². The first-order valence-corrected chi connectivity index (χ1v) is 22.4. The van der Waals surface area contributed by atoms with Gasteiger partial charge in [-0.3, -0.25) is 4.79 Å². The van der Waals surface area contributed by atoms with Gasteiger partial charge in [-0.05, 0) is 83.9 Å². The standard InChI is InChI=1S/C44H57FN6O5S2/c1-5-6-7-8-9-10-11-12-13-14-15-16-17-18-19-20-21-22-40(52)46-25-27-57-58-28-26-47-44(53)55-34(3)31-54-39-30-51-42(35(39)4)43(48-32-49-51)56-38-24-23-37-36(41(38)45)29-33(2)50-37/h6-7,9-10,12-13,15-16,18-19,23-24,29-30,32,34,50H,5,8,11,14,17,20-22,25-28,31H2,1-4H3,(H,46,52)(H,47,53)/b7-6-,10-9-,13-12-,16-15-,19-18-/t34-/m1/s1. The lowest BCUT2D eigenvalue weighted by Gasteiger charge is -2.14. The number of alkyl carbamates (subject to hydrolysis) is 1. The summed E-state index contributed by atoms with van der Waals surface area (Å²) in [5.74, 6) is 1.78. The van der Waals surface area contributed by atoms with Crippen LogP contribution in [0.1, 0.15) is 76.5 Å². The van der Waals surface area contributed by atoms with Gasteiger partial charge in [0.15, 0.2) is 11.6 Å². The summed E-state index contributed by atoms with van der Waals surface area (Å²) in [6.07, 6.45) is 30.9. The second-order valence-electron chi connectivity index (χ2n) is 13.4. The number of nitrogens with one attached hydrogen (secondary N) is 3. The third-order valence-electron chi connectivity index (χ3n) is 8.55. The van der Waals surface area contributed by atoms with Crippen LogP contribution in [0.25, 0.3) is 16.4 Å². The Balaban J connectivity index is 0.998. The van der Waals surface area contributed by atoms with Crippen LogP contribution in [0.2, 0.25) is 0 Å². The normalized spacial score (nSPS) is 12.6. The third kappa shape index (κ3) is 16.1. The molecule has 0 radical (unpaired) electrons. The van der Waals surface area contributed by atoms with E-state index in [1.165, 1.54) is 6.33 Å². The minimum absolute atomic E-state index is 0.0451. The van der Waals surface area contributed by atoms with Gasteiger partial charge in [-0.25, -0.2) is 13.7 Å². The Morgan fingerprint density at radius 3 is 2.26 bits per heavy atom. The molecular formula is C44H57FN6O5S2. The van der Waals surface area contributed by atoms with Crippen molar-refractivity contribution in [2.45, 2.75) is 85.2 Å². The van der Waals surface area contributed by atoms with Gasteiger partial charge in [0.25, 0.3) is 0 Å². The van der Waals surface area contributed by atoms with Crippen LogP contribution in [0.5, 0.6) is 17.4 Å². The molecule has 312 valence electrons. The molecule has 3 aromatic heterocycles. The van der Waals surface area contributed by atoms with Crippen molar-refractivity contribution in [2.75, 3.05) is 31.2 Å². The maximum absolute atomic E-state index is 15.2. The molecule has 3 N–H and O–H groups in total. The molecule has 0 fully saturated rings. The SMILES string of the molecule is CC/C=C\C/C=C\C/C=C\C/C=C\C/C=C\CCCC(=O)NCCSSCCNC(=O)O[C@H](C)COc1cn2ncnc(Oc3ccc4[nH]c(C)cc4c3F)c2c1C. The molecule has 0 aliphatic heterocycles. The van der Waals surface area contributed by atoms with Crippen molar-refractivity contribution in [3.63, 3.8) is 0 Å². The van der Waals surface area contributed by atoms with Crippen molar-refractivity contribution in [1.29, 1.82) is 0 Å². The van der Waals surface area contributed by atoms with Crippen molar-refractivity contribution < 1.29 is 28.2 Å². The van der Waals surface area contributed by atoms with Crippen LogP contribution in [0.4, 0.5) is 9.18 Å². The Kier molecular flexibility index (Phi) is 20.6. The van der Waals surface area contributed by atoms with Crippen molar-refractivity contribution in [2.24, 2.45) is 0 Å². The van der Waals surface area contributed by atoms with Crippen LogP contribution in [-0.4, -0.2) is 68.9 Å². The van der Waals surface area contributed by atoms with Crippen molar-refractivity contribution in [3.8, 4) is 17.4 Å². The van der Waals surface area contributed by atoms with Gasteiger partial charge >= 0.3 is 6.09 Å². The number of ether oxygens (including phenoxy) is 3. The Bertz CT molecular complexity index is 2040. The lowest BCUT2D eigenvalue weighted by Crippen LogP contribution is -2.31. The van der Waals surface area contributed by atoms with Gasteiger partial charge in [-0.2, -0.15) is 10.1 Å². The number of unbranched alkanes of at least 4 members (excludes halogenated alkanes) is 1. The predicted octanol–water partition coefficient (Wildman–Crippen LogP) is 10.7.